The van der Waals surface area contributed by atoms with E-state index in [0.717, 1.165) is 43.0 Å². The highest BCUT2D eigenvalue weighted by molar-refractivity contribution is 5.43. The van der Waals surface area contributed by atoms with Crippen molar-refractivity contribution in [1.82, 2.24) is 4.90 Å². The first kappa shape index (κ1) is 21.7. The van der Waals surface area contributed by atoms with Crippen molar-refractivity contribution in [2.24, 2.45) is 5.41 Å². The third kappa shape index (κ3) is 5.71. The Kier molecular flexibility index (Phi) is 8.14. The van der Waals surface area contributed by atoms with Gasteiger partial charge in [0.25, 0.3) is 0 Å². The second-order valence-corrected chi connectivity index (χ2v) is 7.86. The van der Waals surface area contributed by atoms with Gasteiger partial charge in [-0.3, -0.25) is 4.90 Å². The third-order valence-electron chi connectivity index (χ3n) is 5.39. The van der Waals surface area contributed by atoms with Crippen LogP contribution in [0.5, 0.6) is 11.5 Å². The summed E-state index contributed by atoms with van der Waals surface area (Å²) in [5.41, 5.74) is 1.95. The summed E-state index contributed by atoms with van der Waals surface area (Å²) in [5, 5.41) is 20.4. The number of methoxy groups -OCH3 is 1. The molecule has 1 aliphatic rings. The molecular formula is C22H35NO4. The van der Waals surface area contributed by atoms with Gasteiger partial charge in [0.05, 0.1) is 19.8 Å². The van der Waals surface area contributed by atoms with Gasteiger partial charge in [0.15, 0.2) is 11.5 Å². The third-order valence-corrected chi connectivity index (χ3v) is 5.39. The largest absolute Gasteiger partial charge is 0.493 e. The molecular weight excluding hydrogens is 342 g/mol. The van der Waals surface area contributed by atoms with Gasteiger partial charge in [-0.05, 0) is 50.5 Å². The van der Waals surface area contributed by atoms with E-state index in [-0.39, 0.29) is 6.61 Å². The average molecular weight is 378 g/mol. The van der Waals surface area contributed by atoms with Crippen molar-refractivity contribution >= 4 is 0 Å². The van der Waals surface area contributed by atoms with E-state index < -0.39 is 11.5 Å². The lowest BCUT2D eigenvalue weighted by Crippen LogP contribution is -2.53. The molecule has 0 radical (unpaired) electrons. The molecule has 2 N–H and O–H groups in total. The van der Waals surface area contributed by atoms with Crippen molar-refractivity contribution in [3.8, 4) is 11.5 Å². The molecule has 1 aliphatic heterocycles. The predicted octanol–water partition coefficient (Wildman–Crippen LogP) is 3.39. The van der Waals surface area contributed by atoms with Crippen LogP contribution in [-0.4, -0.2) is 54.6 Å². The number of likely N-dealkylation sites (tertiary alicyclic amines) is 1. The van der Waals surface area contributed by atoms with Crippen LogP contribution < -0.4 is 9.47 Å². The first-order valence-corrected chi connectivity index (χ1v) is 9.88. The molecule has 1 saturated heterocycles. The van der Waals surface area contributed by atoms with E-state index in [9.17, 15) is 10.2 Å². The molecule has 0 aromatic heterocycles. The molecule has 0 saturated carbocycles. The number of aliphatic hydroxyl groups excluding tert-OH is 2. The van der Waals surface area contributed by atoms with Gasteiger partial charge in [0.2, 0.25) is 0 Å². The van der Waals surface area contributed by atoms with Crippen molar-refractivity contribution in [3.05, 3.63) is 35.4 Å². The Bertz CT molecular complexity index is 627. The van der Waals surface area contributed by atoms with Gasteiger partial charge in [-0.1, -0.05) is 25.0 Å². The Morgan fingerprint density at radius 1 is 1.33 bits per heavy atom. The molecule has 27 heavy (non-hydrogen) atoms. The first-order valence-electron chi connectivity index (χ1n) is 9.88. The Balaban J connectivity index is 2.07. The molecule has 152 valence electrons. The van der Waals surface area contributed by atoms with Crippen molar-refractivity contribution in [1.29, 1.82) is 0 Å². The molecule has 2 atom stereocenters. The van der Waals surface area contributed by atoms with Gasteiger partial charge >= 0.3 is 0 Å². The number of allylic oxidation sites excluding steroid dienone is 1. The van der Waals surface area contributed by atoms with E-state index in [1.807, 2.05) is 32.1 Å². The average Bonchev–Trinajstić information content (AvgIpc) is 2.65. The highest BCUT2D eigenvalue weighted by Gasteiger charge is 2.41. The van der Waals surface area contributed by atoms with Crippen LogP contribution in [0.15, 0.2) is 29.8 Å². The molecule has 1 heterocycles. The summed E-state index contributed by atoms with van der Waals surface area (Å²) < 4.78 is 11.3. The number of benzene rings is 1. The molecule has 2 rings (SSSR count). The van der Waals surface area contributed by atoms with E-state index in [4.69, 9.17) is 9.47 Å². The number of aliphatic hydroxyl groups is 2. The molecule has 0 amide bonds. The van der Waals surface area contributed by atoms with Crippen LogP contribution in [0.1, 0.15) is 45.6 Å². The van der Waals surface area contributed by atoms with Crippen LogP contribution in [0.4, 0.5) is 0 Å². The summed E-state index contributed by atoms with van der Waals surface area (Å²) in [5.74, 6) is 1.47. The number of hydrogen-bond acceptors (Lipinski definition) is 5. The fraction of sp³-hybridized carbons (Fsp3) is 0.636. The zero-order valence-electron chi connectivity index (χ0n) is 17.2. The highest BCUT2D eigenvalue weighted by atomic mass is 16.5. The first-order chi connectivity index (χ1) is 12.9. The Morgan fingerprint density at radius 2 is 2.11 bits per heavy atom. The van der Waals surface area contributed by atoms with E-state index in [2.05, 4.69) is 17.9 Å². The number of piperidine rings is 1. The summed E-state index contributed by atoms with van der Waals surface area (Å²) in [6.45, 7) is 9.05. The van der Waals surface area contributed by atoms with Crippen LogP contribution in [0, 0.1) is 5.41 Å². The molecule has 0 spiro atoms. The quantitative estimate of drug-likeness (QED) is 0.646. The van der Waals surface area contributed by atoms with Gasteiger partial charge in [-0.2, -0.15) is 0 Å². The standard InChI is InChI=1S/C22H35NO4/c1-5-10-22(16-24)15-23(11-8-21(22)25)14-18-6-7-19(20(13-18)26-4)27-12-9-17(2)3/h6-7,9,13,21,24-25H,5,8,10-12,14-16H2,1-4H3/t21-,22-/m0/s1. The molecule has 1 aromatic carbocycles. The van der Waals surface area contributed by atoms with Gasteiger partial charge < -0.3 is 19.7 Å². The highest BCUT2D eigenvalue weighted by Crippen LogP contribution is 2.36. The molecule has 5 heteroatoms. The fourth-order valence-corrected chi connectivity index (χ4v) is 3.84. The van der Waals surface area contributed by atoms with Gasteiger partial charge in [-0.15, -0.1) is 0 Å². The van der Waals surface area contributed by atoms with Gasteiger partial charge in [0.1, 0.15) is 6.61 Å². The normalized spacial score (nSPS) is 23.1. The number of ether oxygens (including phenoxy) is 2. The minimum absolute atomic E-state index is 0.0268. The van der Waals surface area contributed by atoms with Crippen LogP contribution in [-0.2, 0) is 6.54 Å². The Labute approximate surface area is 163 Å². The molecule has 1 aromatic rings. The topological polar surface area (TPSA) is 62.2 Å². The van der Waals surface area contributed by atoms with Crippen LogP contribution in [0.25, 0.3) is 0 Å². The van der Waals surface area contributed by atoms with E-state index in [1.165, 1.54) is 5.57 Å². The van der Waals surface area contributed by atoms with Crippen LogP contribution >= 0.6 is 0 Å². The molecule has 1 fully saturated rings. The second kappa shape index (κ2) is 10.1. The van der Waals surface area contributed by atoms with Crippen molar-refractivity contribution in [2.45, 2.75) is 52.7 Å². The molecule has 0 bridgehead atoms. The van der Waals surface area contributed by atoms with Gasteiger partial charge in [-0.25, -0.2) is 0 Å². The molecule has 5 nitrogen and oxygen atoms in total. The monoisotopic (exact) mass is 377 g/mol. The number of nitrogens with zero attached hydrogens (tertiary/aromatic N) is 1. The minimum Gasteiger partial charge on any atom is -0.493 e. The minimum atomic E-state index is -0.431. The lowest BCUT2D eigenvalue weighted by Gasteiger charge is -2.45. The zero-order chi connectivity index (χ0) is 19.9. The number of rotatable bonds is 9. The summed E-state index contributed by atoms with van der Waals surface area (Å²) in [7, 11) is 1.65. The van der Waals surface area contributed by atoms with E-state index in [1.54, 1.807) is 7.11 Å². The predicted molar refractivity (Wildman–Crippen MR) is 108 cm³/mol. The smallest absolute Gasteiger partial charge is 0.161 e. The van der Waals surface area contributed by atoms with E-state index >= 15 is 0 Å². The van der Waals surface area contributed by atoms with Crippen molar-refractivity contribution in [2.75, 3.05) is 33.4 Å². The van der Waals surface area contributed by atoms with Crippen LogP contribution in [0.2, 0.25) is 0 Å². The molecule has 0 aliphatic carbocycles. The summed E-state index contributed by atoms with van der Waals surface area (Å²) in [4.78, 5) is 2.32. The SMILES string of the molecule is CCC[C@@]1(CO)CN(Cc2ccc(OCC=C(C)C)c(OC)c2)CC[C@@H]1O. The van der Waals surface area contributed by atoms with Crippen molar-refractivity contribution in [3.63, 3.8) is 0 Å². The Morgan fingerprint density at radius 3 is 2.74 bits per heavy atom. The maximum absolute atomic E-state index is 10.4. The maximum Gasteiger partial charge on any atom is 0.161 e. The number of hydrogen-bond donors (Lipinski definition) is 2. The van der Waals surface area contributed by atoms with E-state index in [0.29, 0.717) is 19.6 Å². The fourth-order valence-electron chi connectivity index (χ4n) is 3.84. The lowest BCUT2D eigenvalue weighted by molar-refractivity contribution is -0.0819. The Hall–Kier alpha value is -1.56. The zero-order valence-corrected chi connectivity index (χ0v) is 17.2. The summed E-state index contributed by atoms with van der Waals surface area (Å²) in [6, 6.07) is 6.03. The van der Waals surface area contributed by atoms with Crippen LogP contribution in [0.3, 0.4) is 0 Å². The van der Waals surface area contributed by atoms with Gasteiger partial charge in [0, 0.05) is 25.0 Å². The lowest BCUT2D eigenvalue weighted by atomic mass is 9.74. The van der Waals surface area contributed by atoms with Crippen molar-refractivity contribution < 1.29 is 19.7 Å². The summed E-state index contributed by atoms with van der Waals surface area (Å²) >= 11 is 0. The molecule has 0 unspecified atom stereocenters. The second-order valence-electron chi connectivity index (χ2n) is 7.86. The maximum atomic E-state index is 10.4. The summed E-state index contributed by atoms with van der Waals surface area (Å²) in [6.07, 6.45) is 4.09.